The van der Waals surface area contributed by atoms with E-state index < -0.39 is 0 Å². The lowest BCUT2D eigenvalue weighted by atomic mass is 10.2. The van der Waals surface area contributed by atoms with Gasteiger partial charge in [0.1, 0.15) is 5.76 Å². The van der Waals surface area contributed by atoms with Crippen LogP contribution < -0.4 is 10.9 Å². The van der Waals surface area contributed by atoms with Gasteiger partial charge in [-0.15, -0.1) is 6.58 Å². The molecule has 3 aromatic rings. The normalized spacial score (nSPS) is 10.8. The van der Waals surface area contributed by atoms with Crippen molar-refractivity contribution in [3.05, 3.63) is 58.1 Å². The van der Waals surface area contributed by atoms with E-state index in [9.17, 15) is 9.59 Å². The van der Waals surface area contributed by atoms with Crippen LogP contribution in [0.5, 0.6) is 0 Å². The first-order valence-corrected chi connectivity index (χ1v) is 9.01. The first-order valence-electron chi connectivity index (χ1n) is 7.65. The Morgan fingerprint density at radius 2 is 2.27 bits per heavy atom. The monoisotopic (exact) mass is 390 g/mol. The van der Waals surface area contributed by atoms with E-state index in [0.29, 0.717) is 32.7 Å². The van der Waals surface area contributed by atoms with Gasteiger partial charge in [0.2, 0.25) is 5.91 Å². The summed E-state index contributed by atoms with van der Waals surface area (Å²) in [5, 5.41) is 7.65. The third-order valence-electron chi connectivity index (χ3n) is 3.42. The predicted molar refractivity (Wildman–Crippen MR) is 102 cm³/mol. The Hall–Kier alpha value is -2.58. The minimum Gasteiger partial charge on any atom is -0.360 e. The minimum absolute atomic E-state index is 0.0641. The van der Waals surface area contributed by atoms with Crippen molar-refractivity contribution in [3.63, 3.8) is 0 Å². The zero-order valence-electron chi connectivity index (χ0n) is 13.9. The van der Waals surface area contributed by atoms with Gasteiger partial charge in [-0.05, 0) is 25.1 Å². The zero-order valence-corrected chi connectivity index (χ0v) is 15.4. The molecule has 2 heterocycles. The minimum atomic E-state index is -0.279. The predicted octanol–water partition coefficient (Wildman–Crippen LogP) is 3.26. The van der Waals surface area contributed by atoms with E-state index in [2.05, 4.69) is 22.0 Å². The number of carbonyl (C=O) groups is 1. The van der Waals surface area contributed by atoms with E-state index in [0.717, 1.165) is 11.8 Å². The van der Waals surface area contributed by atoms with E-state index in [1.807, 2.05) is 0 Å². The van der Waals surface area contributed by atoms with E-state index in [4.69, 9.17) is 16.1 Å². The number of fused-ring (bicyclic) bond motifs is 1. The third kappa shape index (κ3) is 3.97. The molecule has 0 saturated carbocycles. The summed E-state index contributed by atoms with van der Waals surface area (Å²) < 4.78 is 6.36. The SMILES string of the molecule is C=CCn1c(SCC(=O)Nc2cc(C)on2)nc2ccc(Cl)cc2c1=O. The van der Waals surface area contributed by atoms with Crippen molar-refractivity contribution in [2.24, 2.45) is 0 Å². The summed E-state index contributed by atoms with van der Waals surface area (Å²) in [5.74, 6) is 0.730. The topological polar surface area (TPSA) is 90.0 Å². The molecule has 3 rings (SSSR count). The Balaban J connectivity index is 1.85. The fourth-order valence-electron chi connectivity index (χ4n) is 2.31. The molecule has 134 valence electrons. The van der Waals surface area contributed by atoms with Gasteiger partial charge < -0.3 is 9.84 Å². The van der Waals surface area contributed by atoms with Gasteiger partial charge in [0.05, 0.1) is 16.7 Å². The van der Waals surface area contributed by atoms with Crippen LogP contribution in [0.4, 0.5) is 5.82 Å². The number of benzene rings is 1. The average Bonchev–Trinajstić information content (AvgIpc) is 3.01. The Labute approximate surface area is 158 Å². The van der Waals surface area contributed by atoms with Crippen molar-refractivity contribution in [1.29, 1.82) is 0 Å². The van der Waals surface area contributed by atoms with Crippen LogP contribution in [-0.4, -0.2) is 26.4 Å². The Morgan fingerprint density at radius 3 is 2.96 bits per heavy atom. The lowest BCUT2D eigenvalue weighted by Crippen LogP contribution is -2.23. The molecule has 0 atom stereocenters. The Morgan fingerprint density at radius 1 is 1.46 bits per heavy atom. The summed E-state index contributed by atoms with van der Waals surface area (Å²) in [7, 11) is 0. The van der Waals surface area contributed by atoms with Crippen LogP contribution in [0.1, 0.15) is 5.76 Å². The highest BCUT2D eigenvalue weighted by molar-refractivity contribution is 7.99. The molecule has 1 aromatic carbocycles. The Kier molecular flexibility index (Phi) is 5.43. The van der Waals surface area contributed by atoms with Crippen LogP contribution >= 0.6 is 23.4 Å². The fourth-order valence-corrected chi connectivity index (χ4v) is 3.29. The second-order valence-corrected chi connectivity index (χ2v) is 6.80. The summed E-state index contributed by atoms with van der Waals surface area (Å²) in [5.41, 5.74) is 0.294. The third-order valence-corrected chi connectivity index (χ3v) is 4.63. The van der Waals surface area contributed by atoms with Crippen molar-refractivity contribution in [2.75, 3.05) is 11.1 Å². The smallest absolute Gasteiger partial charge is 0.262 e. The number of anilines is 1. The maximum absolute atomic E-state index is 12.7. The Bertz CT molecular complexity index is 1040. The maximum Gasteiger partial charge on any atom is 0.262 e. The van der Waals surface area contributed by atoms with Gasteiger partial charge in [-0.3, -0.25) is 14.2 Å². The number of hydrogen-bond donors (Lipinski definition) is 1. The average molecular weight is 391 g/mol. The summed E-state index contributed by atoms with van der Waals surface area (Å²) in [6.07, 6.45) is 1.60. The van der Waals surface area contributed by atoms with E-state index >= 15 is 0 Å². The zero-order chi connectivity index (χ0) is 18.7. The summed E-state index contributed by atoms with van der Waals surface area (Å²) >= 11 is 7.13. The van der Waals surface area contributed by atoms with Gasteiger partial charge in [0.25, 0.3) is 5.56 Å². The highest BCUT2D eigenvalue weighted by Crippen LogP contribution is 2.20. The van der Waals surface area contributed by atoms with Crippen LogP contribution in [0, 0.1) is 6.92 Å². The molecule has 26 heavy (non-hydrogen) atoms. The molecule has 0 fully saturated rings. The quantitative estimate of drug-likeness (QED) is 0.394. The summed E-state index contributed by atoms with van der Waals surface area (Å²) in [6.45, 7) is 5.68. The molecular formula is C17H15ClN4O3S. The van der Waals surface area contributed by atoms with Crippen LogP contribution in [0.2, 0.25) is 5.02 Å². The highest BCUT2D eigenvalue weighted by Gasteiger charge is 2.14. The molecule has 9 heteroatoms. The number of thioether (sulfide) groups is 1. The van der Waals surface area contributed by atoms with Gasteiger partial charge in [0, 0.05) is 17.6 Å². The second-order valence-electron chi connectivity index (χ2n) is 5.42. The number of hydrogen-bond acceptors (Lipinski definition) is 6. The van der Waals surface area contributed by atoms with Crippen LogP contribution in [0.15, 0.2) is 51.4 Å². The lowest BCUT2D eigenvalue weighted by molar-refractivity contribution is -0.113. The molecule has 2 aromatic heterocycles. The number of halogens is 1. The van der Waals surface area contributed by atoms with Gasteiger partial charge in [-0.2, -0.15) is 0 Å². The summed E-state index contributed by atoms with van der Waals surface area (Å²) in [6, 6.07) is 6.55. The van der Waals surface area contributed by atoms with E-state index in [1.165, 1.54) is 4.57 Å². The molecule has 0 aliphatic heterocycles. The standard InChI is InChI=1S/C17H15ClN4O3S/c1-3-6-22-16(24)12-8-11(18)4-5-13(12)19-17(22)26-9-15(23)20-14-7-10(2)25-21-14/h3-5,7-8H,1,6,9H2,2H3,(H,20,21,23). The van der Waals surface area contributed by atoms with Crippen LogP contribution in [-0.2, 0) is 11.3 Å². The number of carbonyl (C=O) groups excluding carboxylic acids is 1. The highest BCUT2D eigenvalue weighted by atomic mass is 35.5. The molecule has 0 spiro atoms. The molecule has 0 bridgehead atoms. The lowest BCUT2D eigenvalue weighted by Gasteiger charge is -2.11. The fraction of sp³-hybridized carbons (Fsp3) is 0.176. The first kappa shape index (κ1) is 18.2. The number of aromatic nitrogens is 3. The molecule has 0 aliphatic carbocycles. The summed E-state index contributed by atoms with van der Waals surface area (Å²) in [4.78, 5) is 29.3. The molecule has 0 aliphatic rings. The van der Waals surface area contributed by atoms with Crippen molar-refractivity contribution in [2.45, 2.75) is 18.6 Å². The van der Waals surface area contributed by atoms with Crippen molar-refractivity contribution < 1.29 is 9.32 Å². The molecule has 0 saturated heterocycles. The van der Waals surface area contributed by atoms with E-state index in [-0.39, 0.29) is 23.8 Å². The van der Waals surface area contributed by atoms with Crippen LogP contribution in [0.3, 0.4) is 0 Å². The number of rotatable bonds is 6. The first-order chi connectivity index (χ1) is 12.5. The van der Waals surface area contributed by atoms with E-state index in [1.54, 1.807) is 37.3 Å². The molecule has 7 nitrogen and oxygen atoms in total. The van der Waals surface area contributed by atoms with Crippen molar-refractivity contribution in [3.8, 4) is 0 Å². The molecule has 0 radical (unpaired) electrons. The number of nitrogens with zero attached hydrogens (tertiary/aromatic N) is 3. The van der Waals surface area contributed by atoms with Crippen molar-refractivity contribution in [1.82, 2.24) is 14.7 Å². The van der Waals surface area contributed by atoms with Gasteiger partial charge in [0.15, 0.2) is 11.0 Å². The van der Waals surface area contributed by atoms with Gasteiger partial charge in [-0.1, -0.05) is 34.6 Å². The largest absolute Gasteiger partial charge is 0.360 e. The maximum atomic E-state index is 12.7. The van der Waals surface area contributed by atoms with Crippen LogP contribution in [0.25, 0.3) is 10.9 Å². The van der Waals surface area contributed by atoms with Crippen molar-refractivity contribution >= 4 is 46.0 Å². The number of allylic oxidation sites excluding steroid dienone is 1. The molecule has 1 amide bonds. The number of amides is 1. The number of aryl methyl sites for hydroxylation is 1. The molecular weight excluding hydrogens is 376 g/mol. The molecule has 1 N–H and O–H groups in total. The molecule has 0 unspecified atom stereocenters. The van der Waals surface area contributed by atoms with Gasteiger partial charge >= 0.3 is 0 Å². The number of nitrogens with one attached hydrogen (secondary N) is 1. The van der Waals surface area contributed by atoms with Gasteiger partial charge in [-0.25, -0.2) is 4.98 Å². The second kappa shape index (κ2) is 7.76.